The molecule has 0 radical (unpaired) electrons. The summed E-state index contributed by atoms with van der Waals surface area (Å²) in [5.41, 5.74) is 2.20. The predicted molar refractivity (Wildman–Crippen MR) is 112 cm³/mol. The maximum absolute atomic E-state index is 12.4. The van der Waals surface area contributed by atoms with Crippen LogP contribution in [0.15, 0.2) is 36.5 Å². The molecule has 6 nitrogen and oxygen atoms in total. The van der Waals surface area contributed by atoms with Crippen molar-refractivity contribution in [1.29, 1.82) is 0 Å². The number of aromatic nitrogens is 1. The Bertz CT molecular complexity index is 762. The molecule has 1 aliphatic heterocycles. The zero-order chi connectivity index (χ0) is 19.8. The second-order valence-corrected chi connectivity index (χ2v) is 7.41. The molecule has 0 saturated carbocycles. The van der Waals surface area contributed by atoms with Crippen LogP contribution in [0.5, 0.6) is 0 Å². The zero-order valence-electron chi connectivity index (χ0n) is 17.1. The van der Waals surface area contributed by atoms with Crippen molar-refractivity contribution < 1.29 is 9.53 Å². The Hall–Kier alpha value is -2.02. The number of ether oxygens (including phenoxy) is 1. The van der Waals surface area contributed by atoms with Crippen molar-refractivity contribution in [2.24, 2.45) is 0 Å². The average Bonchev–Trinajstić information content (AvgIpc) is 2.70. The monoisotopic (exact) mass is 384 g/mol. The lowest BCUT2D eigenvalue weighted by Crippen LogP contribution is -2.54. The van der Waals surface area contributed by atoms with E-state index in [0.717, 1.165) is 56.7 Å². The quantitative estimate of drug-likeness (QED) is 0.670. The number of carbonyl (C=O) groups is 1. The molecule has 1 unspecified atom stereocenters. The van der Waals surface area contributed by atoms with E-state index in [4.69, 9.17) is 4.74 Å². The summed E-state index contributed by atoms with van der Waals surface area (Å²) in [5.74, 6) is 0.100. The van der Waals surface area contributed by atoms with E-state index >= 15 is 0 Å². The molecular formula is C22H32N4O2. The van der Waals surface area contributed by atoms with Gasteiger partial charge in [-0.3, -0.25) is 19.6 Å². The molecule has 1 aromatic carbocycles. The topological polar surface area (TPSA) is 57.7 Å². The van der Waals surface area contributed by atoms with E-state index in [9.17, 15) is 4.79 Å². The minimum absolute atomic E-state index is 0.100. The van der Waals surface area contributed by atoms with Crippen LogP contribution in [-0.4, -0.2) is 79.2 Å². The van der Waals surface area contributed by atoms with Gasteiger partial charge in [0.15, 0.2) is 0 Å². The summed E-state index contributed by atoms with van der Waals surface area (Å²) in [6.45, 7) is 10.7. The Labute approximate surface area is 167 Å². The number of para-hydroxylation sites is 1. The predicted octanol–water partition coefficient (Wildman–Crippen LogP) is 1.94. The van der Waals surface area contributed by atoms with Gasteiger partial charge in [0.05, 0.1) is 18.7 Å². The number of nitrogens with zero attached hydrogens (tertiary/aromatic N) is 3. The first kappa shape index (κ1) is 20.7. The second-order valence-electron chi connectivity index (χ2n) is 7.41. The maximum Gasteiger partial charge on any atom is 0.234 e. The van der Waals surface area contributed by atoms with Crippen molar-refractivity contribution in [2.45, 2.75) is 26.3 Å². The molecule has 1 saturated heterocycles. The number of hydrogen-bond acceptors (Lipinski definition) is 5. The number of fused-ring (bicyclic) bond motifs is 1. The van der Waals surface area contributed by atoms with Gasteiger partial charge in [0.1, 0.15) is 0 Å². The molecule has 2 aromatic rings. The first-order chi connectivity index (χ1) is 13.7. The summed E-state index contributed by atoms with van der Waals surface area (Å²) in [4.78, 5) is 21.5. The molecule has 152 valence electrons. The van der Waals surface area contributed by atoms with Gasteiger partial charge in [-0.2, -0.15) is 0 Å². The van der Waals surface area contributed by atoms with Crippen LogP contribution in [0.4, 0.5) is 0 Å². The largest absolute Gasteiger partial charge is 0.380 e. The van der Waals surface area contributed by atoms with Crippen molar-refractivity contribution >= 4 is 16.8 Å². The molecule has 0 spiro atoms. The van der Waals surface area contributed by atoms with Crippen LogP contribution in [0.1, 0.15) is 19.4 Å². The molecule has 1 amide bonds. The minimum atomic E-state index is 0.100. The lowest BCUT2D eigenvalue weighted by Gasteiger charge is -2.39. The van der Waals surface area contributed by atoms with Crippen LogP contribution >= 0.6 is 0 Å². The summed E-state index contributed by atoms with van der Waals surface area (Å²) in [6, 6.07) is 10.7. The van der Waals surface area contributed by atoms with Crippen molar-refractivity contribution in [3.8, 4) is 0 Å². The number of nitrogens with one attached hydrogen (secondary N) is 1. The molecule has 6 heteroatoms. The van der Waals surface area contributed by atoms with Gasteiger partial charge < -0.3 is 10.1 Å². The van der Waals surface area contributed by atoms with Crippen LogP contribution < -0.4 is 5.32 Å². The normalized spacial score (nSPS) is 18.4. The Morgan fingerprint density at radius 1 is 1.29 bits per heavy atom. The fourth-order valence-electron chi connectivity index (χ4n) is 3.84. The molecule has 1 aliphatic rings. The van der Waals surface area contributed by atoms with E-state index in [-0.39, 0.29) is 5.91 Å². The Kier molecular flexibility index (Phi) is 7.77. The fraction of sp³-hybridized carbons (Fsp3) is 0.545. The molecular weight excluding hydrogens is 352 g/mol. The molecule has 1 aromatic heterocycles. The van der Waals surface area contributed by atoms with Gasteiger partial charge in [0, 0.05) is 57.0 Å². The second kappa shape index (κ2) is 10.5. The van der Waals surface area contributed by atoms with Crippen LogP contribution in [0.2, 0.25) is 0 Å². The molecule has 1 atom stereocenters. The molecule has 1 N–H and O–H groups in total. The lowest BCUT2D eigenvalue weighted by atomic mass is 10.1. The van der Waals surface area contributed by atoms with Crippen molar-refractivity contribution in [2.75, 3.05) is 52.5 Å². The first-order valence-electron chi connectivity index (χ1n) is 10.3. The van der Waals surface area contributed by atoms with E-state index in [0.29, 0.717) is 19.1 Å². The van der Waals surface area contributed by atoms with Gasteiger partial charge in [-0.05, 0) is 31.9 Å². The van der Waals surface area contributed by atoms with Crippen LogP contribution in [0, 0.1) is 0 Å². The summed E-state index contributed by atoms with van der Waals surface area (Å²) in [5, 5.41) is 4.21. The first-order valence-corrected chi connectivity index (χ1v) is 10.3. The van der Waals surface area contributed by atoms with E-state index in [2.05, 4.69) is 45.2 Å². The molecule has 3 rings (SSSR count). The van der Waals surface area contributed by atoms with Gasteiger partial charge in [0.25, 0.3) is 0 Å². The van der Waals surface area contributed by atoms with E-state index < -0.39 is 0 Å². The maximum atomic E-state index is 12.4. The lowest BCUT2D eigenvalue weighted by molar-refractivity contribution is -0.122. The molecule has 28 heavy (non-hydrogen) atoms. The van der Waals surface area contributed by atoms with Crippen LogP contribution in [0.3, 0.4) is 0 Å². The van der Waals surface area contributed by atoms with Crippen molar-refractivity contribution in [3.05, 3.63) is 42.1 Å². The Balaban J connectivity index is 1.40. The number of hydrogen-bond donors (Lipinski definition) is 1. The smallest absolute Gasteiger partial charge is 0.234 e. The number of rotatable bonds is 9. The number of benzene rings is 1. The van der Waals surface area contributed by atoms with E-state index in [1.165, 1.54) is 5.56 Å². The highest BCUT2D eigenvalue weighted by Gasteiger charge is 2.24. The van der Waals surface area contributed by atoms with Crippen LogP contribution in [-0.2, 0) is 16.0 Å². The Morgan fingerprint density at radius 3 is 2.96 bits per heavy atom. The van der Waals surface area contributed by atoms with Gasteiger partial charge in [-0.15, -0.1) is 0 Å². The van der Waals surface area contributed by atoms with E-state index in [1.54, 1.807) is 0 Å². The van der Waals surface area contributed by atoms with Gasteiger partial charge >= 0.3 is 0 Å². The van der Waals surface area contributed by atoms with Crippen molar-refractivity contribution in [1.82, 2.24) is 20.1 Å². The van der Waals surface area contributed by atoms with Gasteiger partial charge in [-0.1, -0.05) is 24.3 Å². The third-order valence-corrected chi connectivity index (χ3v) is 5.38. The van der Waals surface area contributed by atoms with Gasteiger partial charge in [-0.25, -0.2) is 0 Å². The number of amides is 1. The number of pyridine rings is 1. The number of piperazine rings is 1. The zero-order valence-corrected chi connectivity index (χ0v) is 17.1. The minimum Gasteiger partial charge on any atom is -0.380 e. The van der Waals surface area contributed by atoms with Crippen molar-refractivity contribution in [3.63, 3.8) is 0 Å². The third-order valence-electron chi connectivity index (χ3n) is 5.38. The molecule has 0 aliphatic carbocycles. The SMILES string of the molecule is CCOCCN1CCN(CC(=O)NCCc2cccc3cccnc23)CC1C. The molecule has 2 heterocycles. The summed E-state index contributed by atoms with van der Waals surface area (Å²) >= 11 is 0. The highest BCUT2D eigenvalue weighted by atomic mass is 16.5. The van der Waals surface area contributed by atoms with Crippen LogP contribution in [0.25, 0.3) is 10.9 Å². The fourth-order valence-corrected chi connectivity index (χ4v) is 3.84. The average molecular weight is 385 g/mol. The van der Waals surface area contributed by atoms with Gasteiger partial charge in [0.2, 0.25) is 5.91 Å². The third kappa shape index (κ3) is 5.74. The molecule has 1 fully saturated rings. The highest BCUT2D eigenvalue weighted by Crippen LogP contribution is 2.16. The number of carbonyl (C=O) groups excluding carboxylic acids is 1. The standard InChI is InChI=1S/C22H32N4O2/c1-3-28-15-14-26-13-12-25(16-18(26)2)17-21(27)23-11-9-20-7-4-6-19-8-5-10-24-22(19)20/h4-8,10,18H,3,9,11-17H2,1-2H3,(H,23,27). The summed E-state index contributed by atoms with van der Waals surface area (Å²) in [7, 11) is 0. The molecule has 0 bridgehead atoms. The summed E-state index contributed by atoms with van der Waals surface area (Å²) in [6.07, 6.45) is 2.61. The summed E-state index contributed by atoms with van der Waals surface area (Å²) < 4.78 is 5.46. The highest BCUT2D eigenvalue weighted by molar-refractivity contribution is 5.81. The van der Waals surface area contributed by atoms with E-state index in [1.807, 2.05) is 25.3 Å². The Morgan fingerprint density at radius 2 is 2.14 bits per heavy atom.